The molecule has 0 bridgehead atoms. The number of urea groups is 1. The summed E-state index contributed by atoms with van der Waals surface area (Å²) < 4.78 is 7.94. The third kappa shape index (κ3) is 8.03. The molecular formula is C23H33BrN4O3. The quantitative estimate of drug-likeness (QED) is 0.444. The lowest BCUT2D eigenvalue weighted by atomic mass is 10.2. The van der Waals surface area contributed by atoms with E-state index in [1.54, 1.807) is 12.0 Å². The average molecular weight is 493 g/mol. The Morgan fingerprint density at radius 1 is 1.10 bits per heavy atom. The molecule has 31 heavy (non-hydrogen) atoms. The van der Waals surface area contributed by atoms with Crippen molar-refractivity contribution in [1.29, 1.82) is 0 Å². The van der Waals surface area contributed by atoms with Gasteiger partial charge in [0.25, 0.3) is 0 Å². The van der Waals surface area contributed by atoms with Crippen LogP contribution in [0.2, 0.25) is 0 Å². The highest BCUT2D eigenvalue weighted by molar-refractivity contribution is 9.10. The van der Waals surface area contributed by atoms with Crippen molar-refractivity contribution in [3.63, 3.8) is 0 Å². The van der Waals surface area contributed by atoms with E-state index in [0.717, 1.165) is 23.0 Å². The molecule has 1 aromatic carbocycles. The normalized spacial score (nSPS) is 10.7. The van der Waals surface area contributed by atoms with Crippen LogP contribution in [0, 0.1) is 0 Å². The number of halogens is 1. The van der Waals surface area contributed by atoms with E-state index in [-0.39, 0.29) is 18.5 Å². The van der Waals surface area contributed by atoms with E-state index in [2.05, 4.69) is 28.2 Å². The molecule has 7 nitrogen and oxygen atoms in total. The highest BCUT2D eigenvalue weighted by atomic mass is 79.9. The van der Waals surface area contributed by atoms with Crippen molar-refractivity contribution >= 4 is 33.6 Å². The third-order valence-electron chi connectivity index (χ3n) is 5.04. The van der Waals surface area contributed by atoms with E-state index >= 15 is 0 Å². The zero-order chi connectivity index (χ0) is 22.6. The number of hydrogen-bond donors (Lipinski definition) is 1. The zero-order valence-electron chi connectivity index (χ0n) is 18.6. The summed E-state index contributed by atoms with van der Waals surface area (Å²) in [4.78, 5) is 29.6. The van der Waals surface area contributed by atoms with Gasteiger partial charge in [0.15, 0.2) is 0 Å². The van der Waals surface area contributed by atoms with Crippen LogP contribution in [0.4, 0.5) is 10.5 Å². The van der Waals surface area contributed by atoms with Gasteiger partial charge in [-0.15, -0.1) is 0 Å². The second-order valence-corrected chi connectivity index (χ2v) is 8.31. The van der Waals surface area contributed by atoms with E-state index in [1.165, 1.54) is 0 Å². The summed E-state index contributed by atoms with van der Waals surface area (Å²) in [6.45, 7) is 4.28. The monoisotopic (exact) mass is 492 g/mol. The van der Waals surface area contributed by atoms with Crippen LogP contribution in [0.25, 0.3) is 0 Å². The molecule has 0 aliphatic carbocycles. The molecule has 2 rings (SSSR count). The van der Waals surface area contributed by atoms with E-state index in [0.29, 0.717) is 38.3 Å². The minimum Gasteiger partial charge on any atom is -0.385 e. The number of anilines is 1. The summed E-state index contributed by atoms with van der Waals surface area (Å²) in [5, 5.41) is 2.90. The van der Waals surface area contributed by atoms with Gasteiger partial charge in [-0.2, -0.15) is 0 Å². The summed E-state index contributed by atoms with van der Waals surface area (Å²) in [5.41, 5.74) is 1.73. The van der Waals surface area contributed by atoms with Gasteiger partial charge in [0.05, 0.1) is 12.2 Å². The summed E-state index contributed by atoms with van der Waals surface area (Å²) in [5.74, 6) is -0.0608. The molecule has 8 heteroatoms. The van der Waals surface area contributed by atoms with Crippen molar-refractivity contribution in [3.8, 4) is 0 Å². The van der Waals surface area contributed by atoms with Crippen molar-refractivity contribution in [2.24, 2.45) is 7.05 Å². The molecule has 0 aliphatic heterocycles. The lowest BCUT2D eigenvalue weighted by Gasteiger charge is -2.28. The van der Waals surface area contributed by atoms with Crippen LogP contribution in [0.15, 0.2) is 47.1 Å². The Morgan fingerprint density at radius 2 is 1.84 bits per heavy atom. The van der Waals surface area contributed by atoms with Gasteiger partial charge in [0, 0.05) is 50.2 Å². The molecule has 0 saturated heterocycles. The van der Waals surface area contributed by atoms with Crippen molar-refractivity contribution in [1.82, 2.24) is 14.4 Å². The van der Waals surface area contributed by atoms with Gasteiger partial charge >= 0.3 is 6.03 Å². The van der Waals surface area contributed by atoms with Gasteiger partial charge in [-0.3, -0.25) is 4.79 Å². The standard InChI is InChI=1S/C23H33BrN4O3/c1-4-5-14-27(17-19-10-8-13-26(19)2)22(29)18-28(15-9-16-31-3)23(30)25-21-12-7-6-11-20(21)24/h6-8,10-13H,4-5,9,14-18H2,1-3H3,(H,25,30). The van der Waals surface area contributed by atoms with Crippen LogP contribution in [0.1, 0.15) is 31.9 Å². The van der Waals surface area contributed by atoms with Crippen molar-refractivity contribution in [2.75, 3.05) is 38.7 Å². The van der Waals surface area contributed by atoms with Crippen LogP contribution in [-0.4, -0.2) is 59.7 Å². The zero-order valence-corrected chi connectivity index (χ0v) is 20.2. The molecule has 0 radical (unpaired) electrons. The fourth-order valence-corrected chi connectivity index (χ4v) is 3.55. The van der Waals surface area contributed by atoms with Crippen LogP contribution in [0.5, 0.6) is 0 Å². The second-order valence-electron chi connectivity index (χ2n) is 7.46. The number of amides is 3. The summed E-state index contributed by atoms with van der Waals surface area (Å²) >= 11 is 3.45. The summed E-state index contributed by atoms with van der Waals surface area (Å²) in [6, 6.07) is 11.1. The molecule has 0 saturated carbocycles. The number of carbonyl (C=O) groups is 2. The first kappa shape index (κ1) is 24.9. The molecule has 0 fully saturated rings. The molecule has 0 spiro atoms. The minimum atomic E-state index is -0.300. The number of hydrogen-bond acceptors (Lipinski definition) is 3. The van der Waals surface area contributed by atoms with Crippen LogP contribution in [0.3, 0.4) is 0 Å². The number of aromatic nitrogens is 1. The number of carbonyl (C=O) groups excluding carboxylic acids is 2. The maximum Gasteiger partial charge on any atom is 0.322 e. The topological polar surface area (TPSA) is 66.8 Å². The SMILES string of the molecule is CCCCN(Cc1cccn1C)C(=O)CN(CCCOC)C(=O)Nc1ccccc1Br. The van der Waals surface area contributed by atoms with Gasteiger partial charge in [-0.05, 0) is 53.0 Å². The van der Waals surface area contributed by atoms with Crippen LogP contribution >= 0.6 is 15.9 Å². The summed E-state index contributed by atoms with van der Waals surface area (Å²) in [7, 11) is 3.60. The Kier molecular flexibility index (Phi) is 10.6. The molecule has 1 N–H and O–H groups in total. The highest BCUT2D eigenvalue weighted by Gasteiger charge is 2.22. The number of methoxy groups -OCH3 is 1. The Morgan fingerprint density at radius 3 is 2.48 bits per heavy atom. The average Bonchev–Trinajstić information content (AvgIpc) is 3.16. The molecule has 1 aromatic heterocycles. The smallest absolute Gasteiger partial charge is 0.322 e. The predicted molar refractivity (Wildman–Crippen MR) is 127 cm³/mol. The Labute approximate surface area is 193 Å². The number of benzene rings is 1. The molecular weight excluding hydrogens is 460 g/mol. The molecule has 0 unspecified atom stereocenters. The van der Waals surface area contributed by atoms with Gasteiger partial charge in [-0.25, -0.2) is 4.79 Å². The van der Waals surface area contributed by atoms with Gasteiger partial charge in [-0.1, -0.05) is 25.5 Å². The second kappa shape index (κ2) is 13.2. The van der Waals surface area contributed by atoms with Crippen LogP contribution < -0.4 is 5.32 Å². The number of aryl methyl sites for hydroxylation is 1. The Balaban J connectivity index is 2.11. The summed E-state index contributed by atoms with van der Waals surface area (Å²) in [6.07, 6.45) is 4.54. The molecule has 170 valence electrons. The van der Waals surface area contributed by atoms with E-state index < -0.39 is 0 Å². The van der Waals surface area contributed by atoms with Gasteiger partial charge < -0.3 is 24.4 Å². The molecule has 0 atom stereocenters. The van der Waals surface area contributed by atoms with E-state index in [9.17, 15) is 9.59 Å². The first-order valence-electron chi connectivity index (χ1n) is 10.6. The van der Waals surface area contributed by atoms with E-state index in [4.69, 9.17) is 4.74 Å². The van der Waals surface area contributed by atoms with E-state index in [1.807, 2.05) is 59.1 Å². The number of ether oxygens (including phenoxy) is 1. The molecule has 3 amide bonds. The van der Waals surface area contributed by atoms with Gasteiger partial charge in [0.2, 0.25) is 5.91 Å². The maximum absolute atomic E-state index is 13.2. The lowest BCUT2D eigenvalue weighted by Crippen LogP contribution is -2.45. The Hall–Kier alpha value is -2.32. The number of rotatable bonds is 12. The van der Waals surface area contributed by atoms with Crippen LogP contribution in [-0.2, 0) is 23.1 Å². The number of nitrogens with one attached hydrogen (secondary N) is 1. The first-order valence-corrected chi connectivity index (χ1v) is 11.4. The first-order chi connectivity index (χ1) is 15.0. The molecule has 1 heterocycles. The van der Waals surface area contributed by atoms with Gasteiger partial charge in [0.1, 0.15) is 6.54 Å². The fourth-order valence-electron chi connectivity index (χ4n) is 3.17. The largest absolute Gasteiger partial charge is 0.385 e. The molecule has 2 aromatic rings. The number of nitrogens with zero attached hydrogens (tertiary/aromatic N) is 3. The number of para-hydroxylation sites is 1. The predicted octanol–water partition coefficient (Wildman–Crippen LogP) is 4.49. The lowest BCUT2D eigenvalue weighted by molar-refractivity contribution is -0.132. The Bertz CT molecular complexity index is 840. The minimum absolute atomic E-state index is 0.0220. The third-order valence-corrected chi connectivity index (χ3v) is 5.74. The van der Waals surface area contributed by atoms with Crippen molar-refractivity contribution < 1.29 is 14.3 Å². The fraction of sp³-hybridized carbons (Fsp3) is 0.478. The number of unbranched alkanes of at least 4 members (excludes halogenated alkanes) is 1. The van der Waals surface area contributed by atoms with Crippen molar-refractivity contribution in [2.45, 2.75) is 32.7 Å². The maximum atomic E-state index is 13.2. The molecule has 0 aliphatic rings. The van der Waals surface area contributed by atoms with Crippen molar-refractivity contribution in [3.05, 3.63) is 52.8 Å². The highest BCUT2D eigenvalue weighted by Crippen LogP contribution is 2.21.